The first-order valence-corrected chi connectivity index (χ1v) is 6.11. The van der Waals surface area contributed by atoms with Crippen molar-refractivity contribution in [3.05, 3.63) is 0 Å². The van der Waals surface area contributed by atoms with Gasteiger partial charge >= 0.3 is 0 Å². The highest BCUT2D eigenvalue weighted by Gasteiger charge is 2.16. The first kappa shape index (κ1) is 12.0. The SMILES string of the molecule is CCOCC(CCC1CCCC1)NC. The highest BCUT2D eigenvalue weighted by atomic mass is 16.5. The van der Waals surface area contributed by atoms with E-state index in [9.17, 15) is 0 Å². The van der Waals surface area contributed by atoms with Gasteiger partial charge in [0, 0.05) is 12.6 Å². The monoisotopic (exact) mass is 199 g/mol. The van der Waals surface area contributed by atoms with Crippen molar-refractivity contribution in [2.75, 3.05) is 20.3 Å². The summed E-state index contributed by atoms with van der Waals surface area (Å²) in [6.45, 7) is 3.77. The van der Waals surface area contributed by atoms with E-state index < -0.39 is 0 Å². The Bertz CT molecular complexity index is 132. The molecular weight excluding hydrogens is 174 g/mol. The van der Waals surface area contributed by atoms with Crippen molar-refractivity contribution in [3.8, 4) is 0 Å². The fourth-order valence-corrected chi connectivity index (χ4v) is 2.31. The average Bonchev–Trinajstić information content (AvgIpc) is 2.71. The summed E-state index contributed by atoms with van der Waals surface area (Å²) in [5.41, 5.74) is 0. The topological polar surface area (TPSA) is 21.3 Å². The lowest BCUT2D eigenvalue weighted by Crippen LogP contribution is -2.30. The minimum absolute atomic E-state index is 0.565. The zero-order valence-corrected chi connectivity index (χ0v) is 9.72. The van der Waals surface area contributed by atoms with Crippen molar-refractivity contribution >= 4 is 0 Å². The van der Waals surface area contributed by atoms with Crippen LogP contribution in [0.25, 0.3) is 0 Å². The molecule has 1 fully saturated rings. The summed E-state index contributed by atoms with van der Waals surface area (Å²) in [5, 5.41) is 3.34. The molecule has 2 nitrogen and oxygen atoms in total. The first-order chi connectivity index (χ1) is 6.86. The zero-order valence-electron chi connectivity index (χ0n) is 9.72. The first-order valence-electron chi connectivity index (χ1n) is 6.11. The van der Waals surface area contributed by atoms with Crippen molar-refractivity contribution in [2.24, 2.45) is 5.92 Å². The van der Waals surface area contributed by atoms with E-state index in [2.05, 4.69) is 12.2 Å². The van der Waals surface area contributed by atoms with Crippen molar-refractivity contribution in [2.45, 2.75) is 51.5 Å². The maximum Gasteiger partial charge on any atom is 0.0619 e. The molecule has 0 aromatic heterocycles. The number of nitrogens with one attached hydrogen (secondary N) is 1. The van der Waals surface area contributed by atoms with Crippen molar-refractivity contribution in [3.63, 3.8) is 0 Å². The van der Waals surface area contributed by atoms with Crippen LogP contribution in [0.5, 0.6) is 0 Å². The van der Waals surface area contributed by atoms with Crippen molar-refractivity contribution < 1.29 is 4.74 Å². The average molecular weight is 199 g/mol. The molecule has 0 radical (unpaired) electrons. The molecule has 1 N–H and O–H groups in total. The fourth-order valence-electron chi connectivity index (χ4n) is 2.31. The third kappa shape index (κ3) is 4.43. The van der Waals surface area contributed by atoms with Gasteiger partial charge in [-0.05, 0) is 32.7 Å². The van der Waals surface area contributed by atoms with Gasteiger partial charge in [0.2, 0.25) is 0 Å². The van der Waals surface area contributed by atoms with E-state index in [0.29, 0.717) is 6.04 Å². The van der Waals surface area contributed by atoms with Gasteiger partial charge in [-0.2, -0.15) is 0 Å². The molecule has 0 bridgehead atoms. The summed E-state index contributed by atoms with van der Waals surface area (Å²) >= 11 is 0. The predicted octanol–water partition coefficient (Wildman–Crippen LogP) is 2.58. The molecule has 0 spiro atoms. The van der Waals surface area contributed by atoms with Crippen LogP contribution < -0.4 is 5.32 Å². The molecule has 1 unspecified atom stereocenters. The smallest absolute Gasteiger partial charge is 0.0619 e. The molecule has 2 heteroatoms. The molecular formula is C12H25NO. The van der Waals surface area contributed by atoms with E-state index in [1.54, 1.807) is 0 Å². The Labute approximate surface area is 88.4 Å². The van der Waals surface area contributed by atoms with E-state index in [-0.39, 0.29) is 0 Å². The molecule has 0 aromatic carbocycles. The molecule has 0 heterocycles. The standard InChI is InChI=1S/C12H25NO/c1-3-14-10-12(13-2)9-8-11-6-4-5-7-11/h11-13H,3-10H2,1-2H3. The Morgan fingerprint density at radius 1 is 1.36 bits per heavy atom. The van der Waals surface area contributed by atoms with Gasteiger partial charge in [0.25, 0.3) is 0 Å². The zero-order chi connectivity index (χ0) is 10.2. The minimum Gasteiger partial charge on any atom is -0.380 e. The Morgan fingerprint density at radius 2 is 2.07 bits per heavy atom. The highest BCUT2D eigenvalue weighted by molar-refractivity contribution is 4.71. The van der Waals surface area contributed by atoms with E-state index in [4.69, 9.17) is 4.74 Å². The lowest BCUT2D eigenvalue weighted by Gasteiger charge is -2.17. The molecule has 0 aromatic rings. The van der Waals surface area contributed by atoms with Crippen LogP contribution in [0.1, 0.15) is 45.4 Å². The molecule has 1 aliphatic carbocycles. The van der Waals surface area contributed by atoms with Gasteiger partial charge in [0.15, 0.2) is 0 Å². The van der Waals surface area contributed by atoms with Gasteiger partial charge < -0.3 is 10.1 Å². The quantitative estimate of drug-likeness (QED) is 0.680. The van der Waals surface area contributed by atoms with Crippen LogP contribution in [0, 0.1) is 5.92 Å². The van der Waals surface area contributed by atoms with E-state index in [1.807, 2.05) is 7.05 Å². The van der Waals surface area contributed by atoms with E-state index >= 15 is 0 Å². The second-order valence-corrected chi connectivity index (χ2v) is 4.37. The van der Waals surface area contributed by atoms with Gasteiger partial charge in [-0.3, -0.25) is 0 Å². The largest absolute Gasteiger partial charge is 0.380 e. The molecule has 1 saturated carbocycles. The minimum atomic E-state index is 0.565. The van der Waals surface area contributed by atoms with Crippen LogP contribution in [0.15, 0.2) is 0 Å². The molecule has 1 aliphatic rings. The second kappa shape index (κ2) is 7.24. The van der Waals surface area contributed by atoms with E-state index in [0.717, 1.165) is 19.1 Å². The molecule has 84 valence electrons. The maximum atomic E-state index is 5.44. The van der Waals surface area contributed by atoms with Gasteiger partial charge in [0.1, 0.15) is 0 Å². The summed E-state index contributed by atoms with van der Waals surface area (Å²) in [6, 6.07) is 0.565. The van der Waals surface area contributed by atoms with Crippen molar-refractivity contribution in [1.29, 1.82) is 0 Å². The normalized spacial score (nSPS) is 20.1. The summed E-state index contributed by atoms with van der Waals surface area (Å²) < 4.78 is 5.44. The summed E-state index contributed by atoms with van der Waals surface area (Å²) in [5.74, 6) is 1.01. The summed E-state index contributed by atoms with van der Waals surface area (Å²) in [4.78, 5) is 0. The van der Waals surface area contributed by atoms with Crippen LogP contribution in [-0.4, -0.2) is 26.3 Å². The third-order valence-electron chi connectivity index (χ3n) is 3.33. The third-order valence-corrected chi connectivity index (χ3v) is 3.33. The summed E-state index contributed by atoms with van der Waals surface area (Å²) in [7, 11) is 2.04. The number of ether oxygens (including phenoxy) is 1. The van der Waals surface area contributed by atoms with Crippen LogP contribution in [-0.2, 0) is 4.74 Å². The van der Waals surface area contributed by atoms with Crippen LogP contribution in [0.2, 0.25) is 0 Å². The molecule has 0 amide bonds. The number of hydrogen-bond acceptors (Lipinski definition) is 2. The lowest BCUT2D eigenvalue weighted by molar-refractivity contribution is 0.120. The molecule has 1 rings (SSSR count). The van der Waals surface area contributed by atoms with Crippen molar-refractivity contribution in [1.82, 2.24) is 5.32 Å². The number of rotatable bonds is 7. The Kier molecular flexibility index (Phi) is 6.20. The van der Waals surface area contributed by atoms with Gasteiger partial charge in [-0.1, -0.05) is 25.7 Å². The Morgan fingerprint density at radius 3 is 2.64 bits per heavy atom. The molecule has 0 aliphatic heterocycles. The van der Waals surface area contributed by atoms with Crippen LogP contribution in [0.4, 0.5) is 0 Å². The second-order valence-electron chi connectivity index (χ2n) is 4.37. The molecule has 14 heavy (non-hydrogen) atoms. The van der Waals surface area contributed by atoms with Crippen LogP contribution >= 0.6 is 0 Å². The maximum absolute atomic E-state index is 5.44. The highest BCUT2D eigenvalue weighted by Crippen LogP contribution is 2.28. The summed E-state index contributed by atoms with van der Waals surface area (Å²) in [6.07, 6.45) is 8.51. The van der Waals surface area contributed by atoms with Gasteiger partial charge in [-0.15, -0.1) is 0 Å². The number of hydrogen-bond donors (Lipinski definition) is 1. The molecule has 0 saturated heterocycles. The lowest BCUT2D eigenvalue weighted by atomic mass is 9.99. The van der Waals surface area contributed by atoms with Gasteiger partial charge in [0.05, 0.1) is 6.61 Å². The fraction of sp³-hybridized carbons (Fsp3) is 1.00. The van der Waals surface area contributed by atoms with E-state index in [1.165, 1.54) is 38.5 Å². The van der Waals surface area contributed by atoms with Crippen LogP contribution in [0.3, 0.4) is 0 Å². The Hall–Kier alpha value is -0.0800. The Balaban J connectivity index is 2.06. The number of likely N-dealkylation sites (N-methyl/N-ethyl adjacent to an activating group) is 1. The van der Waals surface area contributed by atoms with Gasteiger partial charge in [-0.25, -0.2) is 0 Å². The predicted molar refractivity (Wildman–Crippen MR) is 60.5 cm³/mol. The molecule has 1 atom stereocenters.